The van der Waals surface area contributed by atoms with Crippen molar-refractivity contribution in [2.75, 3.05) is 0 Å². The predicted molar refractivity (Wildman–Crippen MR) is 85.6 cm³/mol. The van der Waals surface area contributed by atoms with Crippen molar-refractivity contribution < 1.29 is 4.79 Å². The molecule has 0 aliphatic heterocycles. The maximum Gasteiger partial charge on any atom is 0.170 e. The van der Waals surface area contributed by atoms with E-state index in [2.05, 4.69) is 28.1 Å². The van der Waals surface area contributed by atoms with Gasteiger partial charge in [0.25, 0.3) is 0 Å². The third kappa shape index (κ3) is 2.68. The lowest BCUT2D eigenvalue weighted by Crippen LogP contribution is -2.18. The lowest BCUT2D eigenvalue weighted by atomic mass is 9.79. The molecule has 1 aliphatic rings. The van der Waals surface area contributed by atoms with Crippen molar-refractivity contribution in [2.24, 2.45) is 0 Å². The third-order valence-electron chi connectivity index (χ3n) is 3.83. The number of hydrogen-bond acceptors (Lipinski definition) is 1. The van der Waals surface area contributed by atoms with Gasteiger partial charge in [-0.25, -0.2) is 0 Å². The molecule has 0 spiro atoms. The van der Waals surface area contributed by atoms with E-state index in [4.69, 9.17) is 11.6 Å². The summed E-state index contributed by atoms with van der Waals surface area (Å²) in [4.78, 5) is 12.8. The normalized spacial score (nSPS) is 17.6. The minimum Gasteiger partial charge on any atom is -0.293 e. The second-order valence-electron chi connectivity index (χ2n) is 5.17. The Hall–Kier alpha value is -1.12. The highest BCUT2D eigenvalue weighted by Crippen LogP contribution is 2.34. The first-order chi connectivity index (χ1) is 9.65. The molecule has 0 fully saturated rings. The van der Waals surface area contributed by atoms with Gasteiger partial charge < -0.3 is 0 Å². The van der Waals surface area contributed by atoms with Crippen LogP contribution in [0.25, 0.3) is 0 Å². The van der Waals surface area contributed by atoms with Crippen molar-refractivity contribution in [2.45, 2.75) is 25.2 Å². The molecule has 1 aliphatic carbocycles. The fourth-order valence-electron chi connectivity index (χ4n) is 2.92. The average Bonchev–Trinajstić information content (AvgIpc) is 2.45. The molecule has 2 aromatic rings. The Morgan fingerprint density at radius 1 is 1.20 bits per heavy atom. The van der Waals surface area contributed by atoms with E-state index in [0.29, 0.717) is 10.6 Å². The maximum absolute atomic E-state index is 12.8. The maximum atomic E-state index is 12.8. The van der Waals surface area contributed by atoms with Gasteiger partial charge in [0, 0.05) is 21.0 Å². The second kappa shape index (κ2) is 5.71. The molecular weight excluding hydrogens is 336 g/mol. The number of carbonyl (C=O) groups is 1. The number of Topliss-reactive ketones (excluding diaryl/α,β-unsaturated/α-hetero) is 1. The zero-order valence-corrected chi connectivity index (χ0v) is 13.2. The lowest BCUT2D eigenvalue weighted by Gasteiger charge is -2.24. The van der Waals surface area contributed by atoms with E-state index >= 15 is 0 Å². The Morgan fingerprint density at radius 3 is 2.80 bits per heavy atom. The quantitative estimate of drug-likeness (QED) is 0.663. The number of carbonyl (C=O) groups excluding carboxylic acids is 1. The number of rotatable bonds is 2. The summed E-state index contributed by atoms with van der Waals surface area (Å²) >= 11 is 9.45. The molecule has 3 rings (SSSR count). The number of halogens is 2. The van der Waals surface area contributed by atoms with Crippen LogP contribution in [-0.4, -0.2) is 5.78 Å². The van der Waals surface area contributed by atoms with E-state index in [1.165, 1.54) is 11.1 Å². The number of ketones is 1. The van der Waals surface area contributed by atoms with Gasteiger partial charge in [-0.2, -0.15) is 0 Å². The Morgan fingerprint density at radius 2 is 2.00 bits per heavy atom. The highest BCUT2D eigenvalue weighted by Gasteiger charge is 2.27. The second-order valence-corrected chi connectivity index (χ2v) is 6.52. The Kier molecular flexibility index (Phi) is 3.95. The molecule has 0 heterocycles. The van der Waals surface area contributed by atoms with Crippen LogP contribution >= 0.6 is 27.5 Å². The standard InChI is InChI=1S/C17H14BrClO/c18-13-8-12(9-14(19)10-13)17(20)16-7-3-5-11-4-1-2-6-15(11)16/h1-2,4,6,8-10,16H,3,5,7H2. The zero-order valence-electron chi connectivity index (χ0n) is 10.9. The smallest absolute Gasteiger partial charge is 0.170 e. The summed E-state index contributed by atoms with van der Waals surface area (Å²) in [6.07, 6.45) is 3.05. The molecule has 2 aromatic carbocycles. The van der Waals surface area contributed by atoms with Crippen LogP contribution in [0.15, 0.2) is 46.9 Å². The number of fused-ring (bicyclic) bond motifs is 1. The van der Waals surface area contributed by atoms with Crippen LogP contribution < -0.4 is 0 Å². The van der Waals surface area contributed by atoms with E-state index in [9.17, 15) is 4.79 Å². The van der Waals surface area contributed by atoms with Crippen LogP contribution in [0.5, 0.6) is 0 Å². The van der Waals surface area contributed by atoms with Crippen LogP contribution in [0.2, 0.25) is 5.02 Å². The highest BCUT2D eigenvalue weighted by atomic mass is 79.9. The van der Waals surface area contributed by atoms with Gasteiger partial charge in [-0.05, 0) is 48.6 Å². The SMILES string of the molecule is O=C(c1cc(Cl)cc(Br)c1)C1CCCc2ccccc21. The molecule has 1 nitrogen and oxygen atoms in total. The monoisotopic (exact) mass is 348 g/mol. The molecule has 0 saturated heterocycles. The van der Waals surface area contributed by atoms with Crippen molar-refractivity contribution in [3.63, 3.8) is 0 Å². The van der Waals surface area contributed by atoms with Crippen LogP contribution in [0.3, 0.4) is 0 Å². The van der Waals surface area contributed by atoms with Crippen LogP contribution in [-0.2, 0) is 6.42 Å². The predicted octanol–water partition coefficient (Wildman–Crippen LogP) is 5.41. The Balaban J connectivity index is 1.99. The lowest BCUT2D eigenvalue weighted by molar-refractivity contribution is 0.0951. The summed E-state index contributed by atoms with van der Waals surface area (Å²) in [5.74, 6) is 0.130. The van der Waals surface area contributed by atoms with Gasteiger partial charge in [-0.3, -0.25) is 4.79 Å². The highest BCUT2D eigenvalue weighted by molar-refractivity contribution is 9.10. The Labute approximate surface area is 132 Å². The molecular formula is C17H14BrClO. The van der Waals surface area contributed by atoms with Gasteiger partial charge in [-0.1, -0.05) is 51.8 Å². The molecule has 0 radical (unpaired) electrons. The fraction of sp³-hybridized carbons (Fsp3) is 0.235. The van der Waals surface area contributed by atoms with Crippen molar-refractivity contribution in [3.05, 3.63) is 68.7 Å². The first-order valence-electron chi connectivity index (χ1n) is 6.73. The zero-order chi connectivity index (χ0) is 14.1. The Bertz CT molecular complexity index is 646. The number of hydrogen-bond donors (Lipinski definition) is 0. The van der Waals surface area contributed by atoms with Crippen LogP contribution in [0.1, 0.15) is 40.2 Å². The van der Waals surface area contributed by atoms with Gasteiger partial charge >= 0.3 is 0 Å². The molecule has 20 heavy (non-hydrogen) atoms. The minimum atomic E-state index is -0.0367. The minimum absolute atomic E-state index is 0.0367. The van der Waals surface area contributed by atoms with Gasteiger partial charge in [0.1, 0.15) is 0 Å². The molecule has 1 atom stereocenters. The molecule has 0 N–H and O–H groups in total. The molecule has 102 valence electrons. The van der Waals surface area contributed by atoms with Gasteiger partial charge in [0.2, 0.25) is 0 Å². The van der Waals surface area contributed by atoms with Crippen molar-refractivity contribution in [3.8, 4) is 0 Å². The van der Waals surface area contributed by atoms with Crippen molar-refractivity contribution >= 4 is 33.3 Å². The molecule has 1 unspecified atom stereocenters. The van der Waals surface area contributed by atoms with E-state index < -0.39 is 0 Å². The average molecular weight is 350 g/mol. The van der Waals surface area contributed by atoms with E-state index in [1.807, 2.05) is 18.2 Å². The van der Waals surface area contributed by atoms with Crippen LogP contribution in [0, 0.1) is 0 Å². The van der Waals surface area contributed by atoms with E-state index in [-0.39, 0.29) is 11.7 Å². The molecule has 0 bridgehead atoms. The topological polar surface area (TPSA) is 17.1 Å². The molecule has 3 heteroatoms. The summed E-state index contributed by atoms with van der Waals surface area (Å²) in [6.45, 7) is 0. The number of aryl methyl sites for hydroxylation is 1. The van der Waals surface area contributed by atoms with E-state index in [1.54, 1.807) is 12.1 Å². The first kappa shape index (κ1) is 13.8. The fourth-order valence-corrected chi connectivity index (χ4v) is 3.78. The van der Waals surface area contributed by atoms with Gasteiger partial charge in [-0.15, -0.1) is 0 Å². The summed E-state index contributed by atoms with van der Waals surface area (Å²) in [6, 6.07) is 13.7. The summed E-state index contributed by atoms with van der Waals surface area (Å²) in [7, 11) is 0. The summed E-state index contributed by atoms with van der Waals surface area (Å²) in [5, 5.41) is 0.590. The number of benzene rings is 2. The van der Waals surface area contributed by atoms with Crippen LogP contribution in [0.4, 0.5) is 0 Å². The van der Waals surface area contributed by atoms with Crippen molar-refractivity contribution in [1.29, 1.82) is 0 Å². The van der Waals surface area contributed by atoms with Crippen molar-refractivity contribution in [1.82, 2.24) is 0 Å². The summed E-state index contributed by atoms with van der Waals surface area (Å²) in [5.41, 5.74) is 3.17. The van der Waals surface area contributed by atoms with E-state index in [0.717, 1.165) is 23.7 Å². The first-order valence-corrected chi connectivity index (χ1v) is 7.90. The third-order valence-corrected chi connectivity index (χ3v) is 4.51. The molecule has 0 saturated carbocycles. The largest absolute Gasteiger partial charge is 0.293 e. The van der Waals surface area contributed by atoms with Gasteiger partial charge in [0.15, 0.2) is 5.78 Å². The van der Waals surface area contributed by atoms with Gasteiger partial charge in [0.05, 0.1) is 0 Å². The molecule has 0 amide bonds. The summed E-state index contributed by atoms with van der Waals surface area (Å²) < 4.78 is 0.845. The molecule has 0 aromatic heterocycles.